The molecule has 2 rings (SSSR count). The Bertz CT molecular complexity index is 437. The molecule has 1 aromatic carbocycles. The molecule has 1 aliphatic heterocycles. The summed E-state index contributed by atoms with van der Waals surface area (Å²) < 4.78 is 6.74. The Morgan fingerprint density at radius 3 is 3.06 bits per heavy atom. The van der Waals surface area contributed by atoms with E-state index >= 15 is 0 Å². The van der Waals surface area contributed by atoms with E-state index in [9.17, 15) is 4.79 Å². The van der Waals surface area contributed by atoms with E-state index in [4.69, 9.17) is 10.5 Å². The van der Waals surface area contributed by atoms with Gasteiger partial charge in [0.15, 0.2) is 0 Å². The van der Waals surface area contributed by atoms with Crippen LogP contribution in [0.25, 0.3) is 0 Å². The Balaban J connectivity index is 2.09. The predicted octanol–water partition coefficient (Wildman–Crippen LogP) is 1.70. The molecule has 0 radical (unpaired) electrons. The first kappa shape index (κ1) is 13.5. The number of carbonyl (C=O) groups excluding carboxylic acids is 1. The average molecular weight is 313 g/mol. The van der Waals surface area contributed by atoms with Crippen LogP contribution in [0, 0.1) is 0 Å². The van der Waals surface area contributed by atoms with Crippen molar-refractivity contribution in [1.29, 1.82) is 0 Å². The molecule has 1 aliphatic rings. The maximum absolute atomic E-state index is 11.9. The number of rotatable bonds is 2. The molecule has 1 fully saturated rings. The largest absolute Gasteiger partial charge is 0.370 e. The third-order valence-electron chi connectivity index (χ3n) is 2.99. The molecular formula is C13H17BrN2O2. The topological polar surface area (TPSA) is 55.6 Å². The molecule has 1 heterocycles. The second kappa shape index (κ2) is 5.82. The van der Waals surface area contributed by atoms with Crippen LogP contribution in [0.3, 0.4) is 0 Å². The van der Waals surface area contributed by atoms with Gasteiger partial charge < -0.3 is 15.4 Å². The van der Waals surface area contributed by atoms with Crippen molar-refractivity contribution in [1.82, 2.24) is 4.90 Å². The van der Waals surface area contributed by atoms with Crippen LogP contribution in [-0.2, 0) is 9.53 Å². The van der Waals surface area contributed by atoms with Crippen molar-refractivity contribution in [2.75, 3.05) is 19.7 Å². The van der Waals surface area contributed by atoms with Gasteiger partial charge in [-0.1, -0.05) is 28.1 Å². The average Bonchev–Trinajstić information content (AvgIpc) is 2.38. The SMILES string of the molecule is C[C@H](N)C(=O)N1CCOC(c2cccc(Br)c2)C1. The summed E-state index contributed by atoms with van der Waals surface area (Å²) in [6.45, 7) is 3.45. The summed E-state index contributed by atoms with van der Waals surface area (Å²) in [5.41, 5.74) is 6.71. The standard InChI is InChI=1S/C13H17BrN2O2/c1-9(15)13(17)16-5-6-18-12(8-16)10-3-2-4-11(14)7-10/h2-4,7,9,12H,5-6,8,15H2,1H3/t9-,12?/m0/s1. The van der Waals surface area contributed by atoms with Crippen LogP contribution in [-0.4, -0.2) is 36.5 Å². The minimum absolute atomic E-state index is 0.0155. The second-order valence-electron chi connectivity index (χ2n) is 4.49. The molecule has 0 aromatic heterocycles. The quantitative estimate of drug-likeness (QED) is 0.904. The molecule has 1 saturated heterocycles. The molecule has 0 aliphatic carbocycles. The normalized spacial score (nSPS) is 21.7. The molecule has 0 saturated carbocycles. The van der Waals surface area contributed by atoms with E-state index < -0.39 is 6.04 Å². The molecule has 0 bridgehead atoms. The summed E-state index contributed by atoms with van der Waals surface area (Å²) in [6.07, 6.45) is -0.0704. The van der Waals surface area contributed by atoms with Crippen LogP contribution < -0.4 is 5.73 Å². The van der Waals surface area contributed by atoms with Crippen LogP contribution >= 0.6 is 15.9 Å². The summed E-state index contributed by atoms with van der Waals surface area (Å²) >= 11 is 3.44. The zero-order valence-electron chi connectivity index (χ0n) is 10.3. The summed E-state index contributed by atoms with van der Waals surface area (Å²) in [7, 11) is 0. The van der Waals surface area contributed by atoms with Gasteiger partial charge in [-0.3, -0.25) is 4.79 Å². The minimum Gasteiger partial charge on any atom is -0.370 e. The van der Waals surface area contributed by atoms with Gasteiger partial charge >= 0.3 is 0 Å². The van der Waals surface area contributed by atoms with Crippen LogP contribution in [0.5, 0.6) is 0 Å². The van der Waals surface area contributed by atoms with Gasteiger partial charge in [0.2, 0.25) is 5.91 Å². The first-order valence-electron chi connectivity index (χ1n) is 5.99. The van der Waals surface area contributed by atoms with Gasteiger partial charge in [-0.15, -0.1) is 0 Å². The van der Waals surface area contributed by atoms with E-state index in [0.29, 0.717) is 19.7 Å². The number of ether oxygens (including phenoxy) is 1. The fourth-order valence-electron chi connectivity index (χ4n) is 2.05. The fourth-order valence-corrected chi connectivity index (χ4v) is 2.46. The van der Waals surface area contributed by atoms with Crippen LogP contribution in [0.4, 0.5) is 0 Å². The summed E-state index contributed by atoms with van der Waals surface area (Å²) in [5.74, 6) is -0.0155. The third-order valence-corrected chi connectivity index (χ3v) is 3.48. The lowest BCUT2D eigenvalue weighted by Crippen LogP contribution is -2.48. The first-order valence-corrected chi connectivity index (χ1v) is 6.78. The van der Waals surface area contributed by atoms with E-state index in [-0.39, 0.29) is 12.0 Å². The van der Waals surface area contributed by atoms with Gasteiger partial charge in [0.1, 0.15) is 6.10 Å². The van der Waals surface area contributed by atoms with Crippen LogP contribution in [0.1, 0.15) is 18.6 Å². The Labute approximate surface area is 115 Å². The molecule has 4 nitrogen and oxygen atoms in total. The van der Waals surface area contributed by atoms with Crippen molar-refractivity contribution in [2.24, 2.45) is 5.73 Å². The smallest absolute Gasteiger partial charge is 0.239 e. The minimum atomic E-state index is -0.453. The first-order chi connectivity index (χ1) is 8.58. The zero-order valence-corrected chi connectivity index (χ0v) is 11.9. The number of morpholine rings is 1. The van der Waals surface area contributed by atoms with Crippen molar-refractivity contribution in [2.45, 2.75) is 19.1 Å². The number of amides is 1. The van der Waals surface area contributed by atoms with Crippen molar-refractivity contribution < 1.29 is 9.53 Å². The number of carbonyl (C=O) groups is 1. The van der Waals surface area contributed by atoms with E-state index in [1.165, 1.54) is 0 Å². The lowest BCUT2D eigenvalue weighted by molar-refractivity contribution is -0.140. The number of nitrogens with zero attached hydrogens (tertiary/aromatic N) is 1. The molecule has 2 N–H and O–H groups in total. The summed E-state index contributed by atoms with van der Waals surface area (Å²) in [5, 5.41) is 0. The van der Waals surface area contributed by atoms with E-state index in [1.807, 2.05) is 24.3 Å². The molecule has 0 spiro atoms. The highest BCUT2D eigenvalue weighted by Crippen LogP contribution is 2.24. The molecule has 98 valence electrons. The lowest BCUT2D eigenvalue weighted by Gasteiger charge is -2.34. The maximum atomic E-state index is 11.9. The van der Waals surface area contributed by atoms with Gasteiger partial charge in [0.05, 0.1) is 19.2 Å². The Morgan fingerprint density at radius 2 is 2.39 bits per heavy atom. The van der Waals surface area contributed by atoms with Gasteiger partial charge in [-0.05, 0) is 24.6 Å². The Hall–Kier alpha value is -0.910. The van der Waals surface area contributed by atoms with Gasteiger partial charge in [0.25, 0.3) is 0 Å². The van der Waals surface area contributed by atoms with Crippen molar-refractivity contribution >= 4 is 21.8 Å². The monoisotopic (exact) mass is 312 g/mol. The lowest BCUT2D eigenvalue weighted by atomic mass is 10.1. The number of hydrogen-bond donors (Lipinski definition) is 1. The van der Waals surface area contributed by atoms with Gasteiger partial charge in [0, 0.05) is 11.0 Å². The highest BCUT2D eigenvalue weighted by Gasteiger charge is 2.26. The molecule has 18 heavy (non-hydrogen) atoms. The Kier molecular flexibility index (Phi) is 4.37. The molecule has 1 unspecified atom stereocenters. The van der Waals surface area contributed by atoms with E-state index in [0.717, 1.165) is 10.0 Å². The third kappa shape index (κ3) is 3.10. The fraction of sp³-hybridized carbons (Fsp3) is 0.462. The summed E-state index contributed by atoms with van der Waals surface area (Å²) in [6, 6.07) is 7.51. The highest BCUT2D eigenvalue weighted by atomic mass is 79.9. The molecule has 1 amide bonds. The molecular weight excluding hydrogens is 296 g/mol. The molecule has 2 atom stereocenters. The van der Waals surface area contributed by atoms with Gasteiger partial charge in [-0.25, -0.2) is 0 Å². The van der Waals surface area contributed by atoms with Crippen molar-refractivity contribution in [3.05, 3.63) is 34.3 Å². The predicted molar refractivity (Wildman–Crippen MR) is 73.1 cm³/mol. The van der Waals surface area contributed by atoms with Crippen molar-refractivity contribution in [3.8, 4) is 0 Å². The van der Waals surface area contributed by atoms with E-state index in [2.05, 4.69) is 15.9 Å². The van der Waals surface area contributed by atoms with E-state index in [1.54, 1.807) is 11.8 Å². The Morgan fingerprint density at radius 1 is 1.61 bits per heavy atom. The number of hydrogen-bond acceptors (Lipinski definition) is 3. The maximum Gasteiger partial charge on any atom is 0.239 e. The van der Waals surface area contributed by atoms with Crippen LogP contribution in [0.15, 0.2) is 28.7 Å². The summed E-state index contributed by atoms with van der Waals surface area (Å²) in [4.78, 5) is 13.7. The number of nitrogens with two attached hydrogens (primary N) is 1. The second-order valence-corrected chi connectivity index (χ2v) is 5.40. The highest BCUT2D eigenvalue weighted by molar-refractivity contribution is 9.10. The van der Waals surface area contributed by atoms with Crippen molar-refractivity contribution in [3.63, 3.8) is 0 Å². The number of halogens is 1. The number of benzene rings is 1. The van der Waals surface area contributed by atoms with Crippen LogP contribution in [0.2, 0.25) is 0 Å². The zero-order chi connectivity index (χ0) is 13.1. The molecule has 5 heteroatoms. The molecule has 1 aromatic rings. The van der Waals surface area contributed by atoms with Gasteiger partial charge in [-0.2, -0.15) is 0 Å².